The number of hydrogen-bond donors (Lipinski definition) is 2. The third-order valence-corrected chi connectivity index (χ3v) is 9.53. The molecule has 0 amide bonds. The summed E-state index contributed by atoms with van der Waals surface area (Å²) in [5, 5.41) is 22.3. The molecule has 2 unspecified atom stereocenters. The normalized spacial score (nSPS) is 54.8. The van der Waals surface area contributed by atoms with Gasteiger partial charge in [-0.3, -0.25) is 9.59 Å². The number of fused-ring (bicyclic) bond motifs is 5. The first kappa shape index (κ1) is 19.8. The fraction of sp³-hybridized carbons (Fsp3) is 0.905. The average molecular weight is 401 g/mol. The van der Waals surface area contributed by atoms with E-state index in [-0.39, 0.29) is 36.3 Å². The molecule has 4 fully saturated rings. The zero-order valence-electron chi connectivity index (χ0n) is 16.1. The average Bonchev–Trinajstić information content (AvgIpc) is 2.88. The molecule has 2 N–H and O–H groups in total. The summed E-state index contributed by atoms with van der Waals surface area (Å²) in [6, 6.07) is 0. The van der Waals surface area contributed by atoms with Crippen molar-refractivity contribution in [2.45, 2.75) is 82.6 Å². The Balaban J connectivity index is 1.76. The van der Waals surface area contributed by atoms with E-state index in [4.69, 9.17) is 11.6 Å². The van der Waals surface area contributed by atoms with Crippen molar-refractivity contribution in [1.29, 1.82) is 0 Å². The minimum absolute atomic E-state index is 0.0382. The molecule has 4 aliphatic rings. The second-order valence-electron chi connectivity index (χ2n) is 10.0. The van der Waals surface area contributed by atoms with Crippen molar-refractivity contribution in [2.75, 3.05) is 5.88 Å². The number of carbonyl (C=O) groups is 2. The molecule has 0 aromatic heterocycles. The number of aliphatic hydroxyl groups is 2. The van der Waals surface area contributed by atoms with Gasteiger partial charge in [0.05, 0.1) is 12.0 Å². The van der Waals surface area contributed by atoms with Crippen molar-refractivity contribution in [2.24, 2.45) is 28.6 Å². The molecule has 0 radical (unpaired) electrons. The number of aliphatic hydroxyl groups excluding tert-OH is 1. The molecule has 4 rings (SSSR count). The van der Waals surface area contributed by atoms with Crippen LogP contribution in [0.2, 0.25) is 0 Å². The summed E-state index contributed by atoms with van der Waals surface area (Å²) in [6.45, 7) is 3.74. The summed E-state index contributed by atoms with van der Waals surface area (Å²) in [5.74, 6) is -1.11. The zero-order valence-corrected chi connectivity index (χ0v) is 16.9. The van der Waals surface area contributed by atoms with Crippen LogP contribution < -0.4 is 0 Å². The Hall–Kier alpha value is -0.520. The third-order valence-electron chi connectivity index (χ3n) is 9.29. The van der Waals surface area contributed by atoms with E-state index >= 15 is 4.39 Å². The van der Waals surface area contributed by atoms with Crippen LogP contribution in [0.25, 0.3) is 0 Å². The summed E-state index contributed by atoms with van der Waals surface area (Å²) in [5.41, 5.74) is -4.98. The topological polar surface area (TPSA) is 74.6 Å². The summed E-state index contributed by atoms with van der Waals surface area (Å²) in [4.78, 5) is 24.4. The SMILES string of the molecule is C[C@]12CCC(=O)CC1CC[C@H]1[C@@H]3CC[C@](O)(C(=O)CCl)[C@@]3(C)CC(O)[C@@]12F. The lowest BCUT2D eigenvalue weighted by atomic mass is 9.42. The van der Waals surface area contributed by atoms with Gasteiger partial charge in [-0.15, -0.1) is 11.6 Å². The Morgan fingerprint density at radius 1 is 1.19 bits per heavy atom. The molecule has 4 nitrogen and oxygen atoms in total. The van der Waals surface area contributed by atoms with Gasteiger partial charge in [0, 0.05) is 23.7 Å². The smallest absolute Gasteiger partial charge is 0.179 e. The summed E-state index contributed by atoms with van der Waals surface area (Å²) >= 11 is 5.76. The number of halogens is 2. The van der Waals surface area contributed by atoms with Gasteiger partial charge >= 0.3 is 0 Å². The first-order valence-corrected chi connectivity index (χ1v) is 10.8. The minimum Gasteiger partial charge on any atom is -0.390 e. The van der Waals surface area contributed by atoms with Crippen molar-refractivity contribution in [3.05, 3.63) is 0 Å². The Bertz CT molecular complexity index is 685. The van der Waals surface area contributed by atoms with Crippen LogP contribution in [0.5, 0.6) is 0 Å². The van der Waals surface area contributed by atoms with Gasteiger partial charge < -0.3 is 10.2 Å². The van der Waals surface area contributed by atoms with E-state index in [1.165, 1.54) is 0 Å². The van der Waals surface area contributed by atoms with E-state index < -0.39 is 39.9 Å². The van der Waals surface area contributed by atoms with Gasteiger partial charge in [0.15, 0.2) is 5.78 Å². The van der Waals surface area contributed by atoms with Crippen molar-refractivity contribution >= 4 is 23.2 Å². The van der Waals surface area contributed by atoms with Gasteiger partial charge in [0.2, 0.25) is 0 Å². The van der Waals surface area contributed by atoms with Crippen LogP contribution in [0.3, 0.4) is 0 Å². The van der Waals surface area contributed by atoms with E-state index in [1.54, 1.807) is 0 Å². The molecule has 8 atom stereocenters. The number of alkyl halides is 2. The molecular formula is C21H30ClFO4. The van der Waals surface area contributed by atoms with Crippen LogP contribution >= 0.6 is 11.6 Å². The van der Waals surface area contributed by atoms with E-state index in [9.17, 15) is 19.8 Å². The van der Waals surface area contributed by atoms with Crippen molar-refractivity contribution < 1.29 is 24.2 Å². The molecule has 0 saturated heterocycles. The highest BCUT2D eigenvalue weighted by molar-refractivity contribution is 6.29. The van der Waals surface area contributed by atoms with Gasteiger partial charge in [-0.05, 0) is 56.3 Å². The minimum atomic E-state index is -1.78. The number of carbonyl (C=O) groups excluding carboxylic acids is 2. The Morgan fingerprint density at radius 2 is 1.89 bits per heavy atom. The fourth-order valence-electron chi connectivity index (χ4n) is 7.63. The molecule has 152 valence electrons. The van der Waals surface area contributed by atoms with Gasteiger partial charge in [-0.2, -0.15) is 0 Å². The molecule has 0 aliphatic heterocycles. The Kier molecular flexibility index (Phi) is 4.39. The molecule has 0 aromatic rings. The largest absolute Gasteiger partial charge is 0.390 e. The first-order valence-electron chi connectivity index (χ1n) is 10.2. The molecule has 27 heavy (non-hydrogen) atoms. The maximum absolute atomic E-state index is 16.8. The van der Waals surface area contributed by atoms with Crippen LogP contribution in [-0.2, 0) is 9.59 Å². The van der Waals surface area contributed by atoms with Crippen LogP contribution in [0.1, 0.15) is 65.2 Å². The zero-order chi connectivity index (χ0) is 19.8. The van der Waals surface area contributed by atoms with E-state index in [0.29, 0.717) is 32.1 Å². The van der Waals surface area contributed by atoms with Crippen molar-refractivity contribution in [1.82, 2.24) is 0 Å². The van der Waals surface area contributed by atoms with E-state index in [1.807, 2.05) is 13.8 Å². The number of hydrogen-bond acceptors (Lipinski definition) is 4. The quantitative estimate of drug-likeness (QED) is 0.698. The van der Waals surface area contributed by atoms with Crippen LogP contribution in [0.4, 0.5) is 4.39 Å². The molecule has 0 bridgehead atoms. The predicted octanol–water partition coefficient (Wildman–Crippen LogP) is 3.20. The highest BCUT2D eigenvalue weighted by atomic mass is 35.5. The second-order valence-corrected chi connectivity index (χ2v) is 10.3. The highest BCUT2D eigenvalue weighted by Gasteiger charge is 2.74. The monoisotopic (exact) mass is 400 g/mol. The van der Waals surface area contributed by atoms with Crippen LogP contribution in [-0.4, -0.2) is 45.0 Å². The lowest BCUT2D eigenvalue weighted by molar-refractivity contribution is -0.253. The fourth-order valence-corrected chi connectivity index (χ4v) is 7.85. The van der Waals surface area contributed by atoms with Crippen molar-refractivity contribution in [3.8, 4) is 0 Å². The lowest BCUT2D eigenvalue weighted by Gasteiger charge is -2.65. The summed E-state index contributed by atoms with van der Waals surface area (Å²) in [6.07, 6.45) is 2.24. The maximum atomic E-state index is 16.8. The molecular weight excluding hydrogens is 371 g/mol. The molecule has 6 heteroatoms. The van der Waals surface area contributed by atoms with Crippen molar-refractivity contribution in [3.63, 3.8) is 0 Å². The molecule has 4 saturated carbocycles. The molecule has 4 aliphatic carbocycles. The van der Waals surface area contributed by atoms with Crippen LogP contribution in [0, 0.1) is 28.6 Å². The third kappa shape index (κ3) is 2.22. The lowest BCUT2D eigenvalue weighted by Crippen LogP contribution is -2.71. The highest BCUT2D eigenvalue weighted by Crippen LogP contribution is 2.70. The summed E-state index contributed by atoms with van der Waals surface area (Å²) < 4.78 is 16.8. The molecule has 0 heterocycles. The number of rotatable bonds is 2. The van der Waals surface area contributed by atoms with Crippen LogP contribution in [0.15, 0.2) is 0 Å². The first-order chi connectivity index (χ1) is 12.5. The maximum Gasteiger partial charge on any atom is 0.179 e. The summed E-state index contributed by atoms with van der Waals surface area (Å²) in [7, 11) is 0. The Labute approximate surface area is 164 Å². The molecule has 0 aromatic carbocycles. The van der Waals surface area contributed by atoms with Gasteiger partial charge in [-0.1, -0.05) is 13.8 Å². The number of Topliss-reactive ketones (excluding diaryl/α,β-unsaturated/α-hetero) is 2. The van der Waals surface area contributed by atoms with E-state index in [2.05, 4.69) is 0 Å². The van der Waals surface area contributed by atoms with Gasteiger partial charge in [-0.25, -0.2) is 4.39 Å². The van der Waals surface area contributed by atoms with Gasteiger partial charge in [0.25, 0.3) is 0 Å². The van der Waals surface area contributed by atoms with E-state index in [0.717, 1.165) is 6.42 Å². The predicted molar refractivity (Wildman–Crippen MR) is 99.1 cm³/mol. The number of ketones is 2. The second kappa shape index (κ2) is 5.99. The standard InChI is InChI=1S/C21H30ClFO4/c1-18-7-5-13(24)9-12(18)3-4-15-14-6-8-20(27,17(26)11-22)19(14,2)10-16(25)21(15,18)23/h12,14-16,25,27H,3-11H2,1-2H3/t12?,14-,15-,16?,18-,19-,20-,21-/m0/s1. The molecule has 0 spiro atoms. The Morgan fingerprint density at radius 3 is 2.56 bits per heavy atom. The van der Waals surface area contributed by atoms with Gasteiger partial charge in [0.1, 0.15) is 17.1 Å².